The van der Waals surface area contributed by atoms with Crippen LogP contribution in [0.1, 0.15) is 0 Å². The minimum Gasteiger partial charge on any atom is -0.867 e. The Morgan fingerprint density at radius 2 is 1.02 bits per heavy atom. The van der Waals surface area contributed by atoms with Gasteiger partial charge < -0.3 is 18.6 Å². The molecule has 0 aliphatic carbocycles. The number of benzene rings is 6. The summed E-state index contributed by atoms with van der Waals surface area (Å²) in [6.45, 7) is 0. The lowest BCUT2D eigenvalue weighted by Crippen LogP contribution is -2.15. The van der Waals surface area contributed by atoms with Gasteiger partial charge in [-0.2, -0.15) is 16.8 Å². The van der Waals surface area contributed by atoms with Crippen molar-refractivity contribution in [3.05, 3.63) is 119 Å². The zero-order valence-corrected chi connectivity index (χ0v) is 24.9. The molecule has 6 aromatic carbocycles. The molecule has 0 bridgehead atoms. The van der Waals surface area contributed by atoms with E-state index >= 15 is 0 Å². The third kappa shape index (κ3) is 5.13. The van der Waals surface area contributed by atoms with Crippen LogP contribution in [0.5, 0.6) is 23.0 Å². The molecule has 0 spiro atoms. The second-order valence-electron chi connectivity index (χ2n) is 9.80. The number of diazo groups is 2. The molecule has 6 rings (SSSR count). The molecule has 0 amide bonds. The molecular weight excluding hydrogens is 633 g/mol. The van der Waals surface area contributed by atoms with Crippen LogP contribution >= 0.6 is 0 Å². The van der Waals surface area contributed by atoms with Crippen LogP contribution in [0.15, 0.2) is 119 Å². The fraction of sp³-hybridized carbons (Fsp3) is 0. The van der Waals surface area contributed by atoms with Crippen LogP contribution in [0.3, 0.4) is 0 Å². The maximum atomic E-state index is 13.9. The van der Waals surface area contributed by atoms with E-state index in [0.717, 1.165) is 12.1 Å². The summed E-state index contributed by atoms with van der Waals surface area (Å²) in [6, 6.07) is 25.2. The first kappa shape index (κ1) is 29.8. The molecule has 226 valence electrons. The second kappa shape index (κ2) is 11.4. The molecule has 0 aliphatic rings. The molecule has 0 N–H and O–H groups in total. The van der Waals surface area contributed by atoms with E-state index in [1.807, 2.05) is 0 Å². The van der Waals surface area contributed by atoms with Crippen LogP contribution < -0.4 is 18.6 Å². The van der Waals surface area contributed by atoms with Crippen LogP contribution in [0.4, 0.5) is 11.4 Å². The fourth-order valence-corrected chi connectivity index (χ4v) is 7.33. The minimum atomic E-state index is -4.78. The molecule has 0 saturated heterocycles. The Morgan fingerprint density at radius 1 is 0.522 bits per heavy atom. The van der Waals surface area contributed by atoms with E-state index in [1.54, 1.807) is 30.3 Å². The van der Waals surface area contributed by atoms with E-state index in [4.69, 9.17) is 19.2 Å². The SMILES string of the molecule is N#[N+]c1ccc2c(S(=O)(=O)Oc3cccc(-c4ccccc4)c3OS(=O)(=O)c3cccc4c([O-])c([N+]#N)ccc34)cccc2c1[O-]. The van der Waals surface area contributed by atoms with Gasteiger partial charge in [-0.1, -0.05) is 66.7 Å². The lowest BCUT2D eigenvalue weighted by molar-refractivity contribution is -0.265. The summed E-state index contributed by atoms with van der Waals surface area (Å²) >= 11 is 0. The monoisotopic (exact) mass is 650 g/mol. The number of hydrogen-bond donors (Lipinski definition) is 0. The average molecular weight is 651 g/mol. The van der Waals surface area contributed by atoms with Crippen molar-refractivity contribution < 1.29 is 35.4 Å². The standard InChI is InChI=1S/C32H18N4O8S2/c33-35-25-17-15-21-23(30(25)37)10-5-13-28(21)45(39,40)43-27-12-4-9-20(19-7-2-1-3-8-19)32(27)44-46(41,42)29-14-6-11-24-22(29)16-18-26(36-34)31(24)38/h1-18H. The molecule has 0 unspecified atom stereocenters. The summed E-state index contributed by atoms with van der Waals surface area (Å²) in [5.74, 6) is -2.38. The summed E-state index contributed by atoms with van der Waals surface area (Å²) in [5, 5.41) is 43.5. The molecule has 0 aromatic heterocycles. The molecule has 0 aliphatic heterocycles. The van der Waals surface area contributed by atoms with Crippen molar-refractivity contribution in [1.29, 1.82) is 10.8 Å². The first-order valence-corrected chi connectivity index (χ1v) is 16.1. The molecule has 14 heteroatoms. The molecule has 0 fully saturated rings. The Hall–Kier alpha value is -6.22. The van der Waals surface area contributed by atoms with Crippen molar-refractivity contribution in [1.82, 2.24) is 0 Å². The maximum absolute atomic E-state index is 13.9. The van der Waals surface area contributed by atoms with Crippen molar-refractivity contribution in [2.75, 3.05) is 0 Å². The van der Waals surface area contributed by atoms with E-state index in [0.29, 0.717) is 5.56 Å². The molecule has 12 nitrogen and oxygen atoms in total. The Labute approximate surface area is 261 Å². The third-order valence-corrected chi connectivity index (χ3v) is 9.69. The van der Waals surface area contributed by atoms with Crippen molar-refractivity contribution in [2.24, 2.45) is 0 Å². The molecule has 0 heterocycles. The number of fused-ring (bicyclic) bond motifs is 2. The predicted octanol–water partition coefficient (Wildman–Crippen LogP) is 6.31. The topological polar surface area (TPSA) is 189 Å². The maximum Gasteiger partial charge on any atom is 0.378 e. The van der Waals surface area contributed by atoms with E-state index in [-0.39, 0.29) is 38.5 Å². The van der Waals surface area contributed by atoms with E-state index in [1.165, 1.54) is 66.7 Å². The van der Waals surface area contributed by atoms with Gasteiger partial charge in [0.2, 0.25) is 10.8 Å². The summed E-state index contributed by atoms with van der Waals surface area (Å²) in [7, 11) is -9.53. The lowest BCUT2D eigenvalue weighted by Gasteiger charge is -2.18. The Morgan fingerprint density at radius 3 is 1.54 bits per heavy atom. The van der Waals surface area contributed by atoms with Crippen molar-refractivity contribution in [2.45, 2.75) is 9.79 Å². The first-order chi connectivity index (χ1) is 22.1. The third-order valence-electron chi connectivity index (χ3n) is 7.11. The minimum absolute atomic E-state index is 0.0210. The van der Waals surface area contributed by atoms with Crippen LogP contribution in [0.25, 0.3) is 42.6 Å². The molecule has 0 atom stereocenters. The number of para-hydroxylation sites is 1. The van der Waals surface area contributed by atoms with Crippen molar-refractivity contribution >= 4 is 53.2 Å². The highest BCUT2D eigenvalue weighted by Crippen LogP contribution is 2.43. The van der Waals surface area contributed by atoms with Gasteiger partial charge in [0.05, 0.1) is 0 Å². The van der Waals surface area contributed by atoms with Crippen LogP contribution in [-0.4, -0.2) is 16.8 Å². The zero-order valence-electron chi connectivity index (χ0n) is 23.3. The zero-order chi connectivity index (χ0) is 32.6. The van der Waals surface area contributed by atoms with Crippen molar-refractivity contribution in [3.8, 4) is 34.1 Å². The number of hydrogen-bond acceptors (Lipinski definition) is 10. The van der Waals surface area contributed by atoms with Gasteiger partial charge >= 0.3 is 31.6 Å². The van der Waals surface area contributed by atoms with Gasteiger partial charge in [0.1, 0.15) is 9.79 Å². The lowest BCUT2D eigenvalue weighted by atomic mass is 10.0. The highest BCUT2D eigenvalue weighted by Gasteiger charge is 2.29. The summed E-state index contributed by atoms with van der Waals surface area (Å²) in [5.41, 5.74) is 0.0413. The van der Waals surface area contributed by atoms with Gasteiger partial charge in [0, 0.05) is 28.5 Å². The fourth-order valence-electron chi connectivity index (χ4n) is 5.00. The van der Waals surface area contributed by atoms with E-state index < -0.39 is 53.0 Å². The van der Waals surface area contributed by atoms with Crippen LogP contribution in [0.2, 0.25) is 0 Å². The van der Waals surface area contributed by atoms with Gasteiger partial charge in [-0.3, -0.25) is 0 Å². The van der Waals surface area contributed by atoms with E-state index in [9.17, 15) is 27.0 Å². The van der Waals surface area contributed by atoms with Gasteiger partial charge in [0.15, 0.2) is 21.5 Å². The Balaban J connectivity index is 1.51. The number of nitrogens with zero attached hydrogens (tertiary/aromatic N) is 4. The Kier molecular flexibility index (Phi) is 7.37. The van der Waals surface area contributed by atoms with Crippen LogP contribution in [0, 0.1) is 10.8 Å². The molecule has 0 saturated carbocycles. The quantitative estimate of drug-likeness (QED) is 0.140. The van der Waals surface area contributed by atoms with E-state index in [2.05, 4.69) is 9.95 Å². The highest BCUT2D eigenvalue weighted by molar-refractivity contribution is 7.87. The van der Waals surface area contributed by atoms with Gasteiger partial charge in [-0.05, 0) is 58.2 Å². The van der Waals surface area contributed by atoms with Gasteiger partial charge in [0.25, 0.3) is 0 Å². The Bertz CT molecular complexity index is 2510. The average Bonchev–Trinajstić information content (AvgIpc) is 3.05. The number of rotatable bonds is 7. The molecule has 6 aromatic rings. The largest absolute Gasteiger partial charge is 0.867 e. The summed E-state index contributed by atoms with van der Waals surface area (Å²) < 4.78 is 66.3. The summed E-state index contributed by atoms with van der Waals surface area (Å²) in [6.07, 6.45) is 0. The second-order valence-corrected chi connectivity index (χ2v) is 12.8. The van der Waals surface area contributed by atoms with Gasteiger partial charge in [-0.25, -0.2) is 0 Å². The smallest absolute Gasteiger partial charge is 0.378 e. The summed E-state index contributed by atoms with van der Waals surface area (Å²) in [4.78, 5) is 5.03. The normalized spacial score (nSPS) is 11.5. The molecule has 0 radical (unpaired) electrons. The molecule has 46 heavy (non-hydrogen) atoms. The van der Waals surface area contributed by atoms with Gasteiger partial charge in [-0.15, -0.1) is 0 Å². The first-order valence-electron chi connectivity index (χ1n) is 13.3. The predicted molar refractivity (Wildman–Crippen MR) is 164 cm³/mol. The van der Waals surface area contributed by atoms with Crippen molar-refractivity contribution in [3.63, 3.8) is 0 Å². The molecular formula is C32H18N4O8S2. The highest BCUT2D eigenvalue weighted by atomic mass is 32.2. The van der Waals surface area contributed by atoms with Crippen LogP contribution in [-0.2, 0) is 20.2 Å².